The van der Waals surface area contributed by atoms with Gasteiger partial charge >= 0.3 is 0 Å². The summed E-state index contributed by atoms with van der Waals surface area (Å²) in [5, 5.41) is 5.17. The number of fused-ring (bicyclic) bond motifs is 9. The van der Waals surface area contributed by atoms with E-state index in [9.17, 15) is 0 Å². The van der Waals surface area contributed by atoms with E-state index in [1.807, 2.05) is 0 Å². The van der Waals surface area contributed by atoms with Crippen LogP contribution in [0.3, 0.4) is 0 Å². The molecule has 0 unspecified atom stereocenters. The Bertz CT molecular complexity index is 2650. The largest absolute Gasteiger partial charge is 0.313 e. The minimum absolute atomic E-state index is 0.0418. The molecule has 0 radical (unpaired) electrons. The van der Waals surface area contributed by atoms with Crippen LogP contribution < -0.4 is 0 Å². The molecule has 0 saturated carbocycles. The lowest BCUT2D eigenvalue weighted by molar-refractivity contribution is 0.660. The highest BCUT2D eigenvalue weighted by Gasteiger charge is 2.35. The van der Waals surface area contributed by atoms with Gasteiger partial charge in [-0.1, -0.05) is 105 Å². The van der Waals surface area contributed by atoms with Crippen LogP contribution in [0, 0.1) is 0 Å². The maximum Gasteiger partial charge on any atom is 0.0541 e. The molecule has 2 nitrogen and oxygen atoms in total. The van der Waals surface area contributed by atoms with Crippen molar-refractivity contribution in [3.8, 4) is 27.9 Å². The first-order valence-electron chi connectivity index (χ1n) is 16.8. The van der Waals surface area contributed by atoms with Gasteiger partial charge in [0.1, 0.15) is 0 Å². The van der Waals surface area contributed by atoms with Crippen LogP contribution in [0.15, 0.2) is 146 Å². The highest BCUT2D eigenvalue weighted by atomic mass is 15.0. The second kappa shape index (κ2) is 9.70. The summed E-state index contributed by atoms with van der Waals surface area (Å²) in [7, 11) is 0. The van der Waals surface area contributed by atoms with Crippen molar-refractivity contribution in [2.75, 3.05) is 0 Å². The van der Waals surface area contributed by atoms with E-state index in [0.29, 0.717) is 0 Å². The third kappa shape index (κ3) is 3.73. The Morgan fingerprint density at radius 2 is 1.11 bits per heavy atom. The fourth-order valence-electron chi connectivity index (χ4n) is 8.50. The second-order valence-corrected chi connectivity index (χ2v) is 13.7. The van der Waals surface area contributed by atoms with E-state index in [0.717, 1.165) is 12.8 Å². The predicted molar refractivity (Wildman–Crippen MR) is 199 cm³/mol. The fourth-order valence-corrected chi connectivity index (χ4v) is 8.50. The topological polar surface area (TPSA) is 9.86 Å². The fraction of sp³-hybridized carbons (Fsp3) is 0.111. The van der Waals surface area contributed by atoms with Gasteiger partial charge in [0.25, 0.3) is 0 Å². The summed E-state index contributed by atoms with van der Waals surface area (Å²) in [6.07, 6.45) is 8.87. The first-order chi connectivity index (χ1) is 23.1. The normalized spacial score (nSPS) is 15.1. The van der Waals surface area contributed by atoms with Gasteiger partial charge in [-0.15, -0.1) is 0 Å². The molecular weight excluding hydrogens is 569 g/mol. The molecule has 0 aliphatic heterocycles. The van der Waals surface area contributed by atoms with Crippen molar-refractivity contribution in [2.24, 2.45) is 0 Å². The van der Waals surface area contributed by atoms with E-state index in [4.69, 9.17) is 0 Å². The van der Waals surface area contributed by atoms with Gasteiger partial charge in [0, 0.05) is 38.3 Å². The molecule has 2 aliphatic carbocycles. The molecule has 2 heteroatoms. The summed E-state index contributed by atoms with van der Waals surface area (Å²) >= 11 is 0. The molecule has 0 saturated heterocycles. The van der Waals surface area contributed by atoms with Crippen LogP contribution in [0.4, 0.5) is 0 Å². The molecule has 0 atom stereocenters. The second-order valence-electron chi connectivity index (χ2n) is 13.7. The van der Waals surface area contributed by atoms with Crippen molar-refractivity contribution >= 4 is 49.3 Å². The van der Waals surface area contributed by atoms with E-state index in [1.165, 1.54) is 88.4 Å². The number of para-hydroxylation sites is 2. The van der Waals surface area contributed by atoms with Crippen molar-refractivity contribution in [3.63, 3.8) is 0 Å². The Morgan fingerprint density at radius 3 is 1.81 bits per heavy atom. The van der Waals surface area contributed by atoms with Gasteiger partial charge in [-0.2, -0.15) is 0 Å². The molecule has 0 N–H and O–H groups in total. The van der Waals surface area contributed by atoms with E-state index < -0.39 is 0 Å². The van der Waals surface area contributed by atoms with Crippen molar-refractivity contribution < 1.29 is 0 Å². The van der Waals surface area contributed by atoms with Crippen LogP contribution in [0.5, 0.6) is 0 Å². The number of allylic oxidation sites excluding steroid dienone is 4. The van der Waals surface area contributed by atoms with E-state index >= 15 is 0 Å². The molecule has 2 aliphatic rings. The van der Waals surface area contributed by atoms with Crippen molar-refractivity contribution in [3.05, 3.63) is 157 Å². The minimum Gasteiger partial charge on any atom is -0.313 e. The summed E-state index contributed by atoms with van der Waals surface area (Å²) < 4.78 is 4.92. The molecule has 0 amide bonds. The first-order valence-corrected chi connectivity index (χ1v) is 16.8. The van der Waals surface area contributed by atoms with Gasteiger partial charge < -0.3 is 9.13 Å². The van der Waals surface area contributed by atoms with Crippen LogP contribution in [0.2, 0.25) is 0 Å². The summed E-state index contributed by atoms with van der Waals surface area (Å²) in [6.45, 7) is 4.72. The molecule has 10 rings (SSSR count). The summed E-state index contributed by atoms with van der Waals surface area (Å²) in [5.74, 6) is 0. The van der Waals surface area contributed by atoms with Crippen LogP contribution in [0.1, 0.15) is 37.8 Å². The Morgan fingerprint density at radius 1 is 0.511 bits per heavy atom. The van der Waals surface area contributed by atoms with Gasteiger partial charge in [-0.05, 0) is 101 Å². The van der Waals surface area contributed by atoms with Crippen molar-refractivity contribution in [1.82, 2.24) is 9.13 Å². The SMILES string of the molecule is CC1(C)c2ccccc2-c2ccc(-n3c4ccccc4c4cc(-c5ccc6c(c5)c5ccccc5n6C5=CC=CCC5)ccc43)cc21. The summed E-state index contributed by atoms with van der Waals surface area (Å²) in [4.78, 5) is 0. The first kappa shape index (κ1) is 26.6. The number of hydrogen-bond acceptors (Lipinski definition) is 0. The number of rotatable bonds is 3. The Balaban J connectivity index is 1.15. The van der Waals surface area contributed by atoms with Crippen LogP contribution >= 0.6 is 0 Å². The average molecular weight is 603 g/mol. The zero-order valence-corrected chi connectivity index (χ0v) is 26.7. The molecule has 2 aromatic heterocycles. The zero-order valence-electron chi connectivity index (χ0n) is 26.7. The van der Waals surface area contributed by atoms with Crippen LogP contribution in [-0.2, 0) is 5.41 Å². The number of hydrogen-bond donors (Lipinski definition) is 0. The predicted octanol–water partition coefficient (Wildman–Crippen LogP) is 12.1. The summed E-state index contributed by atoms with van der Waals surface area (Å²) in [5.41, 5.74) is 15.6. The highest BCUT2D eigenvalue weighted by Crippen LogP contribution is 2.49. The Labute approximate surface area is 274 Å². The molecule has 47 heavy (non-hydrogen) atoms. The van der Waals surface area contributed by atoms with Crippen LogP contribution in [-0.4, -0.2) is 9.13 Å². The number of nitrogens with zero attached hydrogens (tertiary/aromatic N) is 2. The molecular formula is C45H34N2. The number of aromatic nitrogens is 2. The average Bonchev–Trinajstić information content (AvgIpc) is 3.71. The van der Waals surface area contributed by atoms with E-state index in [1.54, 1.807) is 0 Å². The maximum atomic E-state index is 2.46. The molecule has 8 aromatic rings. The Kier molecular flexibility index (Phi) is 5.49. The highest BCUT2D eigenvalue weighted by molar-refractivity contribution is 6.13. The standard InChI is InChI=1S/C45H34N2/c1-45(2)39-17-9-6-14-33(39)34-23-22-32(28-40(34)45)47-42-19-11-8-16-36(42)38-27-30(21-25-44(38)47)29-20-24-43-37(26-29)35-15-7-10-18-41(35)46(43)31-12-4-3-5-13-31/h3-4,6-12,14-28H,5,13H2,1-2H3. The van der Waals surface area contributed by atoms with E-state index in [-0.39, 0.29) is 5.41 Å². The lowest BCUT2D eigenvalue weighted by Gasteiger charge is -2.22. The van der Waals surface area contributed by atoms with Gasteiger partial charge in [-0.25, -0.2) is 0 Å². The monoisotopic (exact) mass is 602 g/mol. The molecule has 0 fully saturated rings. The lowest BCUT2D eigenvalue weighted by atomic mass is 9.82. The van der Waals surface area contributed by atoms with Gasteiger partial charge in [-0.3, -0.25) is 0 Å². The third-order valence-corrected chi connectivity index (χ3v) is 10.8. The lowest BCUT2D eigenvalue weighted by Crippen LogP contribution is -2.15. The molecule has 0 spiro atoms. The molecule has 0 bridgehead atoms. The Hall–Kier alpha value is -5.60. The smallest absolute Gasteiger partial charge is 0.0541 e. The minimum atomic E-state index is -0.0418. The van der Waals surface area contributed by atoms with Gasteiger partial charge in [0.05, 0.1) is 22.1 Å². The number of benzene rings is 6. The summed E-state index contributed by atoms with van der Waals surface area (Å²) in [6, 6.07) is 47.7. The molecule has 2 heterocycles. The third-order valence-electron chi connectivity index (χ3n) is 10.8. The van der Waals surface area contributed by atoms with Gasteiger partial charge in [0.15, 0.2) is 0 Å². The van der Waals surface area contributed by atoms with E-state index in [2.05, 4.69) is 169 Å². The molecule has 224 valence electrons. The zero-order chi connectivity index (χ0) is 31.3. The van der Waals surface area contributed by atoms with Gasteiger partial charge in [0.2, 0.25) is 0 Å². The maximum absolute atomic E-state index is 2.46. The van der Waals surface area contributed by atoms with Crippen molar-refractivity contribution in [2.45, 2.75) is 32.1 Å². The molecule has 6 aromatic carbocycles. The quantitative estimate of drug-likeness (QED) is 0.190. The van der Waals surface area contributed by atoms with Crippen molar-refractivity contribution in [1.29, 1.82) is 0 Å². The van der Waals surface area contributed by atoms with Crippen LogP contribution in [0.25, 0.3) is 77.2 Å².